The number of hydrogen-bond donors (Lipinski definition) is 1. The van der Waals surface area contributed by atoms with E-state index in [0.717, 1.165) is 27.6 Å². The molecule has 2 heterocycles. The minimum absolute atomic E-state index is 0.0283. The number of aromatic nitrogens is 2. The Morgan fingerprint density at radius 3 is 2.48 bits per heavy atom. The monoisotopic (exact) mass is 328 g/mol. The maximum atomic E-state index is 11.3. The topological polar surface area (TPSA) is 54.6 Å². The van der Waals surface area contributed by atoms with Crippen LogP contribution < -0.4 is 0 Å². The summed E-state index contributed by atoms with van der Waals surface area (Å²) in [6.07, 6.45) is -0.0283. The maximum Gasteiger partial charge on any atom is 0.309 e. The molecule has 0 spiro atoms. The van der Waals surface area contributed by atoms with Crippen LogP contribution in [0.2, 0.25) is 0 Å². The minimum Gasteiger partial charge on any atom is -0.481 e. The van der Waals surface area contributed by atoms with Crippen LogP contribution in [0.4, 0.5) is 0 Å². The van der Waals surface area contributed by atoms with E-state index in [9.17, 15) is 9.90 Å². The zero-order valence-electron chi connectivity index (χ0n) is 13.8. The Kier molecular flexibility index (Phi) is 3.98. The summed E-state index contributed by atoms with van der Waals surface area (Å²) in [5.74, 6) is -0.368. The summed E-state index contributed by atoms with van der Waals surface area (Å²) in [6.45, 7) is 8.36. The molecule has 0 fully saturated rings. The van der Waals surface area contributed by atoms with E-state index in [1.165, 1.54) is 10.4 Å². The summed E-state index contributed by atoms with van der Waals surface area (Å²) < 4.78 is 1.99. The van der Waals surface area contributed by atoms with Gasteiger partial charge in [0.25, 0.3) is 0 Å². The third-order valence-corrected chi connectivity index (χ3v) is 5.26. The number of benzene rings is 1. The molecular weight excluding hydrogens is 308 g/mol. The first-order valence-corrected chi connectivity index (χ1v) is 8.49. The molecule has 2 aromatic heterocycles. The first-order chi connectivity index (χ1) is 10.9. The summed E-state index contributed by atoms with van der Waals surface area (Å²) in [6, 6.07) is 8.26. The fourth-order valence-corrected chi connectivity index (χ4v) is 3.77. The maximum absolute atomic E-state index is 11.3. The van der Waals surface area contributed by atoms with Crippen LogP contribution in [0.25, 0.3) is 16.2 Å². The van der Waals surface area contributed by atoms with Crippen molar-refractivity contribution < 1.29 is 9.90 Å². The fraction of sp³-hybridized carbons (Fsp3) is 0.333. The second kappa shape index (κ2) is 5.81. The molecule has 0 atom stereocenters. The molecule has 3 rings (SSSR count). The summed E-state index contributed by atoms with van der Waals surface area (Å²) in [4.78, 5) is 18.1. The van der Waals surface area contributed by atoms with Crippen LogP contribution in [-0.4, -0.2) is 20.5 Å². The standard InChI is InChI=1S/C18H20N2O2S/c1-10(2)13-5-7-14(8-6-13)17-15(9-16(21)22)20-11(3)12(4)23-18(20)19-17/h5-8,10H,9H2,1-4H3,(H,21,22). The SMILES string of the molecule is Cc1sc2nc(-c3ccc(C(C)C)cc3)c(CC(=O)O)n2c1C. The van der Waals surface area contributed by atoms with Crippen LogP contribution in [-0.2, 0) is 11.2 Å². The zero-order valence-corrected chi connectivity index (χ0v) is 14.6. The lowest BCUT2D eigenvalue weighted by Crippen LogP contribution is -2.05. The van der Waals surface area contributed by atoms with E-state index < -0.39 is 5.97 Å². The van der Waals surface area contributed by atoms with E-state index in [4.69, 9.17) is 4.98 Å². The Morgan fingerprint density at radius 1 is 1.26 bits per heavy atom. The molecule has 120 valence electrons. The Labute approximate surface area is 139 Å². The molecule has 0 bridgehead atoms. The number of aliphatic carboxylic acids is 1. The van der Waals surface area contributed by atoms with Gasteiger partial charge in [0.1, 0.15) is 0 Å². The Bertz CT molecular complexity index is 873. The van der Waals surface area contributed by atoms with Crippen LogP contribution in [0.5, 0.6) is 0 Å². The highest BCUT2D eigenvalue weighted by Crippen LogP contribution is 2.31. The number of carbonyl (C=O) groups is 1. The molecule has 1 N–H and O–H groups in total. The van der Waals surface area contributed by atoms with Crippen LogP contribution >= 0.6 is 11.3 Å². The number of hydrogen-bond acceptors (Lipinski definition) is 3. The molecular formula is C18H20N2O2S. The number of aryl methyl sites for hydroxylation is 2. The first-order valence-electron chi connectivity index (χ1n) is 7.68. The molecule has 0 saturated carbocycles. The van der Waals surface area contributed by atoms with Crippen molar-refractivity contribution in [3.05, 3.63) is 46.1 Å². The number of carboxylic acids is 1. The molecule has 0 aliphatic carbocycles. The number of imidazole rings is 1. The Morgan fingerprint density at radius 2 is 1.91 bits per heavy atom. The van der Waals surface area contributed by atoms with E-state index in [1.807, 2.05) is 30.4 Å². The normalized spacial score (nSPS) is 11.5. The number of nitrogens with zero attached hydrogens (tertiary/aromatic N) is 2. The van der Waals surface area contributed by atoms with Gasteiger partial charge in [-0.25, -0.2) is 4.98 Å². The smallest absolute Gasteiger partial charge is 0.309 e. The van der Waals surface area contributed by atoms with Gasteiger partial charge in [-0.2, -0.15) is 0 Å². The third kappa shape index (κ3) is 2.77. The Hall–Kier alpha value is -2.14. The van der Waals surface area contributed by atoms with Crippen LogP contribution in [0, 0.1) is 13.8 Å². The van der Waals surface area contributed by atoms with Crippen molar-refractivity contribution in [2.45, 2.75) is 40.0 Å². The highest BCUT2D eigenvalue weighted by molar-refractivity contribution is 7.17. The Balaban J connectivity index is 2.18. The molecule has 3 aromatic rings. The summed E-state index contributed by atoms with van der Waals surface area (Å²) >= 11 is 1.60. The number of thiazole rings is 1. The predicted octanol–water partition coefficient (Wildman–Crippen LogP) is 4.43. The van der Waals surface area contributed by atoms with E-state index in [2.05, 4.69) is 26.0 Å². The molecule has 0 aliphatic rings. The second-order valence-electron chi connectivity index (χ2n) is 6.12. The van der Waals surface area contributed by atoms with Crippen molar-refractivity contribution in [1.82, 2.24) is 9.38 Å². The molecule has 23 heavy (non-hydrogen) atoms. The van der Waals surface area contributed by atoms with Gasteiger partial charge in [-0.3, -0.25) is 9.20 Å². The number of fused-ring (bicyclic) bond motifs is 1. The largest absolute Gasteiger partial charge is 0.481 e. The molecule has 0 radical (unpaired) electrons. The van der Waals surface area contributed by atoms with E-state index >= 15 is 0 Å². The highest BCUT2D eigenvalue weighted by atomic mass is 32.1. The first kappa shape index (κ1) is 15.7. The lowest BCUT2D eigenvalue weighted by molar-refractivity contribution is -0.136. The van der Waals surface area contributed by atoms with Gasteiger partial charge in [0.15, 0.2) is 4.96 Å². The molecule has 0 amide bonds. The lowest BCUT2D eigenvalue weighted by Gasteiger charge is -2.07. The van der Waals surface area contributed by atoms with Gasteiger partial charge in [0.2, 0.25) is 0 Å². The van der Waals surface area contributed by atoms with E-state index in [0.29, 0.717) is 5.92 Å². The summed E-state index contributed by atoms with van der Waals surface area (Å²) in [5.41, 5.74) is 4.84. The van der Waals surface area contributed by atoms with Crippen LogP contribution in [0.1, 0.15) is 41.6 Å². The van der Waals surface area contributed by atoms with Gasteiger partial charge < -0.3 is 5.11 Å². The number of carboxylic acid groups (broad SMARTS) is 1. The van der Waals surface area contributed by atoms with Gasteiger partial charge in [-0.1, -0.05) is 38.1 Å². The fourth-order valence-electron chi connectivity index (χ4n) is 2.78. The third-order valence-electron chi connectivity index (χ3n) is 4.20. The molecule has 5 heteroatoms. The molecule has 1 aromatic carbocycles. The molecule has 0 saturated heterocycles. The highest BCUT2D eigenvalue weighted by Gasteiger charge is 2.20. The average molecular weight is 328 g/mol. The zero-order chi connectivity index (χ0) is 16.7. The molecule has 4 nitrogen and oxygen atoms in total. The van der Waals surface area contributed by atoms with Crippen molar-refractivity contribution in [2.24, 2.45) is 0 Å². The van der Waals surface area contributed by atoms with Crippen molar-refractivity contribution in [3.63, 3.8) is 0 Å². The average Bonchev–Trinajstić information content (AvgIpc) is 2.97. The van der Waals surface area contributed by atoms with Gasteiger partial charge >= 0.3 is 5.97 Å². The van der Waals surface area contributed by atoms with Gasteiger partial charge in [-0.15, -0.1) is 11.3 Å². The van der Waals surface area contributed by atoms with Crippen molar-refractivity contribution >= 4 is 22.3 Å². The van der Waals surface area contributed by atoms with Crippen LogP contribution in [0.15, 0.2) is 24.3 Å². The van der Waals surface area contributed by atoms with Gasteiger partial charge in [-0.05, 0) is 25.3 Å². The van der Waals surface area contributed by atoms with Gasteiger partial charge in [0, 0.05) is 16.1 Å². The van der Waals surface area contributed by atoms with Crippen molar-refractivity contribution in [1.29, 1.82) is 0 Å². The summed E-state index contributed by atoms with van der Waals surface area (Å²) in [7, 11) is 0. The van der Waals surface area contributed by atoms with Crippen molar-refractivity contribution in [3.8, 4) is 11.3 Å². The number of rotatable bonds is 4. The lowest BCUT2D eigenvalue weighted by atomic mass is 10.00. The molecule has 0 aliphatic heterocycles. The van der Waals surface area contributed by atoms with Crippen LogP contribution in [0.3, 0.4) is 0 Å². The van der Waals surface area contributed by atoms with Gasteiger partial charge in [0.05, 0.1) is 17.8 Å². The van der Waals surface area contributed by atoms with Crippen molar-refractivity contribution in [2.75, 3.05) is 0 Å². The second-order valence-corrected chi connectivity index (χ2v) is 7.30. The molecule has 0 unspecified atom stereocenters. The van der Waals surface area contributed by atoms with E-state index in [1.54, 1.807) is 11.3 Å². The minimum atomic E-state index is -0.838. The quantitative estimate of drug-likeness (QED) is 0.771. The van der Waals surface area contributed by atoms with E-state index in [-0.39, 0.29) is 6.42 Å². The predicted molar refractivity (Wildman–Crippen MR) is 93.4 cm³/mol. The summed E-state index contributed by atoms with van der Waals surface area (Å²) in [5, 5.41) is 9.29.